The van der Waals surface area contributed by atoms with Gasteiger partial charge >= 0.3 is 0 Å². The molecule has 0 amide bonds. The van der Waals surface area contributed by atoms with E-state index in [9.17, 15) is 0 Å². The molecule has 1 heterocycles. The lowest BCUT2D eigenvalue weighted by Crippen LogP contribution is -2.28. The van der Waals surface area contributed by atoms with Gasteiger partial charge in [0.15, 0.2) is 0 Å². The second kappa shape index (κ2) is 5.37. The molecule has 2 atom stereocenters. The molecule has 2 nitrogen and oxygen atoms in total. The zero-order valence-corrected chi connectivity index (χ0v) is 12.4. The summed E-state index contributed by atoms with van der Waals surface area (Å²) in [6.07, 6.45) is 0. The maximum atomic E-state index is 6.30. The first-order valence-corrected chi connectivity index (χ1v) is 7.27. The number of hydrogen-bond donors (Lipinski definition) is 1. The molecule has 20 heavy (non-hydrogen) atoms. The van der Waals surface area contributed by atoms with Crippen molar-refractivity contribution in [3.8, 4) is 5.75 Å². The molecule has 1 aliphatic heterocycles. The summed E-state index contributed by atoms with van der Waals surface area (Å²) in [6.45, 7) is 4.98. The van der Waals surface area contributed by atoms with Crippen LogP contribution in [0.15, 0.2) is 42.5 Å². The first-order chi connectivity index (χ1) is 9.65. The topological polar surface area (TPSA) is 21.3 Å². The largest absolute Gasteiger partial charge is 0.493 e. The molecule has 0 fully saturated rings. The highest BCUT2D eigenvalue weighted by Gasteiger charge is 2.27. The van der Waals surface area contributed by atoms with Crippen LogP contribution in [0.2, 0.25) is 5.02 Å². The fourth-order valence-corrected chi connectivity index (χ4v) is 2.80. The van der Waals surface area contributed by atoms with Crippen LogP contribution in [0.1, 0.15) is 24.1 Å². The quantitative estimate of drug-likeness (QED) is 0.854. The first kappa shape index (κ1) is 13.3. The summed E-state index contributed by atoms with van der Waals surface area (Å²) in [5, 5.41) is 4.34. The van der Waals surface area contributed by atoms with Gasteiger partial charge in [0.2, 0.25) is 0 Å². The Balaban J connectivity index is 1.95. The SMILES string of the molecule is Cc1ccc(Cl)c(NC2c3ccccc3OCC2C)c1. The third kappa shape index (κ3) is 2.48. The van der Waals surface area contributed by atoms with Crippen molar-refractivity contribution in [3.63, 3.8) is 0 Å². The van der Waals surface area contributed by atoms with Crippen LogP contribution in [-0.4, -0.2) is 6.61 Å². The zero-order chi connectivity index (χ0) is 14.1. The van der Waals surface area contributed by atoms with E-state index < -0.39 is 0 Å². The van der Waals surface area contributed by atoms with E-state index in [2.05, 4.69) is 31.3 Å². The van der Waals surface area contributed by atoms with E-state index in [4.69, 9.17) is 16.3 Å². The van der Waals surface area contributed by atoms with Crippen LogP contribution in [-0.2, 0) is 0 Å². The number of aryl methyl sites for hydroxylation is 1. The van der Waals surface area contributed by atoms with Gasteiger partial charge in [0.1, 0.15) is 5.75 Å². The summed E-state index contributed by atoms with van der Waals surface area (Å²) in [5.41, 5.74) is 3.38. The Morgan fingerprint density at radius 3 is 2.85 bits per heavy atom. The molecule has 0 radical (unpaired) electrons. The molecule has 0 spiro atoms. The Labute approximate surface area is 124 Å². The lowest BCUT2D eigenvalue weighted by atomic mass is 9.91. The molecule has 0 saturated carbocycles. The molecule has 3 rings (SSSR count). The summed E-state index contributed by atoms with van der Waals surface area (Å²) in [4.78, 5) is 0. The van der Waals surface area contributed by atoms with E-state index in [-0.39, 0.29) is 6.04 Å². The first-order valence-electron chi connectivity index (χ1n) is 6.89. The molecule has 0 aliphatic carbocycles. The van der Waals surface area contributed by atoms with Gasteiger partial charge in [-0.05, 0) is 30.7 Å². The molecule has 1 aliphatic rings. The van der Waals surface area contributed by atoms with Crippen LogP contribution >= 0.6 is 11.6 Å². The molecule has 3 heteroatoms. The molecule has 0 saturated heterocycles. The number of halogens is 1. The average molecular weight is 288 g/mol. The van der Waals surface area contributed by atoms with Gasteiger partial charge in [0.25, 0.3) is 0 Å². The van der Waals surface area contributed by atoms with Crippen molar-refractivity contribution in [2.45, 2.75) is 19.9 Å². The maximum absolute atomic E-state index is 6.30. The Morgan fingerprint density at radius 2 is 2.00 bits per heavy atom. The molecule has 0 aromatic heterocycles. The lowest BCUT2D eigenvalue weighted by molar-refractivity contribution is 0.214. The molecule has 2 aromatic rings. The van der Waals surface area contributed by atoms with Crippen molar-refractivity contribution in [2.24, 2.45) is 5.92 Å². The van der Waals surface area contributed by atoms with E-state index in [1.807, 2.05) is 30.3 Å². The molecule has 0 bridgehead atoms. The number of fused-ring (bicyclic) bond motifs is 1. The number of nitrogens with one attached hydrogen (secondary N) is 1. The predicted molar refractivity (Wildman–Crippen MR) is 83.7 cm³/mol. The Bertz CT molecular complexity index is 626. The molecule has 1 N–H and O–H groups in total. The summed E-state index contributed by atoms with van der Waals surface area (Å²) >= 11 is 6.30. The fourth-order valence-electron chi connectivity index (χ4n) is 2.63. The van der Waals surface area contributed by atoms with Gasteiger partial charge in [-0.1, -0.05) is 42.8 Å². The zero-order valence-electron chi connectivity index (χ0n) is 11.7. The third-order valence-electron chi connectivity index (χ3n) is 3.76. The van der Waals surface area contributed by atoms with Crippen molar-refractivity contribution in [1.29, 1.82) is 0 Å². The minimum atomic E-state index is 0.222. The van der Waals surface area contributed by atoms with Gasteiger partial charge in [-0.2, -0.15) is 0 Å². The van der Waals surface area contributed by atoms with Crippen molar-refractivity contribution >= 4 is 17.3 Å². The summed E-state index contributed by atoms with van der Waals surface area (Å²) in [6, 6.07) is 14.5. The van der Waals surface area contributed by atoms with Crippen LogP contribution in [0.4, 0.5) is 5.69 Å². The second-order valence-corrected chi connectivity index (χ2v) is 5.84. The highest BCUT2D eigenvalue weighted by atomic mass is 35.5. The summed E-state index contributed by atoms with van der Waals surface area (Å²) in [5.74, 6) is 1.35. The highest BCUT2D eigenvalue weighted by molar-refractivity contribution is 6.33. The average Bonchev–Trinajstić information content (AvgIpc) is 2.46. The standard InChI is InChI=1S/C17H18ClNO/c1-11-7-8-14(18)15(9-11)19-17-12(2)10-20-16-6-4-3-5-13(16)17/h3-9,12,17,19H,10H2,1-2H3. The Kier molecular flexibility index (Phi) is 3.58. The minimum Gasteiger partial charge on any atom is -0.493 e. The Hall–Kier alpha value is -1.67. The van der Waals surface area contributed by atoms with Gasteiger partial charge in [0.05, 0.1) is 23.4 Å². The van der Waals surface area contributed by atoms with Crippen LogP contribution < -0.4 is 10.1 Å². The van der Waals surface area contributed by atoms with E-state index in [0.29, 0.717) is 5.92 Å². The molecule has 104 valence electrons. The van der Waals surface area contributed by atoms with Crippen molar-refractivity contribution in [3.05, 3.63) is 58.6 Å². The summed E-state index contributed by atoms with van der Waals surface area (Å²) in [7, 11) is 0. The smallest absolute Gasteiger partial charge is 0.124 e. The van der Waals surface area contributed by atoms with Crippen LogP contribution in [0.3, 0.4) is 0 Å². The second-order valence-electron chi connectivity index (χ2n) is 5.43. The number of hydrogen-bond acceptors (Lipinski definition) is 2. The lowest BCUT2D eigenvalue weighted by Gasteiger charge is -2.33. The van der Waals surface area contributed by atoms with E-state index >= 15 is 0 Å². The molecular formula is C17H18ClNO. The number of rotatable bonds is 2. The normalized spacial score (nSPS) is 20.9. The van der Waals surface area contributed by atoms with E-state index in [0.717, 1.165) is 23.1 Å². The van der Waals surface area contributed by atoms with Gasteiger partial charge in [-0.3, -0.25) is 0 Å². The van der Waals surface area contributed by atoms with Gasteiger partial charge in [-0.15, -0.1) is 0 Å². The Morgan fingerprint density at radius 1 is 1.20 bits per heavy atom. The maximum Gasteiger partial charge on any atom is 0.124 e. The van der Waals surface area contributed by atoms with E-state index in [1.54, 1.807) is 0 Å². The van der Waals surface area contributed by atoms with Crippen LogP contribution in [0.25, 0.3) is 0 Å². The number of anilines is 1. The molecule has 2 aromatic carbocycles. The predicted octanol–water partition coefficient (Wildman–Crippen LogP) is 4.83. The monoisotopic (exact) mass is 287 g/mol. The fraction of sp³-hybridized carbons (Fsp3) is 0.294. The molecule has 2 unspecified atom stereocenters. The number of ether oxygens (including phenoxy) is 1. The minimum absolute atomic E-state index is 0.222. The van der Waals surface area contributed by atoms with Gasteiger partial charge in [-0.25, -0.2) is 0 Å². The van der Waals surface area contributed by atoms with Gasteiger partial charge in [0, 0.05) is 11.5 Å². The molecular weight excluding hydrogens is 270 g/mol. The van der Waals surface area contributed by atoms with Crippen molar-refractivity contribution in [2.75, 3.05) is 11.9 Å². The van der Waals surface area contributed by atoms with Crippen LogP contribution in [0.5, 0.6) is 5.75 Å². The third-order valence-corrected chi connectivity index (χ3v) is 4.09. The number of benzene rings is 2. The number of para-hydroxylation sites is 1. The van der Waals surface area contributed by atoms with Gasteiger partial charge < -0.3 is 10.1 Å². The van der Waals surface area contributed by atoms with Crippen LogP contribution in [0, 0.1) is 12.8 Å². The van der Waals surface area contributed by atoms with E-state index in [1.165, 1.54) is 11.1 Å². The van der Waals surface area contributed by atoms with Crippen molar-refractivity contribution in [1.82, 2.24) is 0 Å². The van der Waals surface area contributed by atoms with Crippen molar-refractivity contribution < 1.29 is 4.74 Å². The summed E-state index contributed by atoms with van der Waals surface area (Å²) < 4.78 is 5.78. The highest BCUT2D eigenvalue weighted by Crippen LogP contribution is 2.38.